The van der Waals surface area contributed by atoms with Gasteiger partial charge < -0.3 is 14.6 Å². The minimum atomic E-state index is -0.778. The van der Waals surface area contributed by atoms with Crippen molar-refractivity contribution in [2.24, 2.45) is 0 Å². The molecule has 62 heavy (non-hydrogen) atoms. The summed E-state index contributed by atoms with van der Waals surface area (Å²) in [5, 5.41) is 9.64. The summed E-state index contributed by atoms with van der Waals surface area (Å²) in [6.45, 7) is 4.04. The number of aliphatic hydroxyl groups excluding tert-OH is 1. The van der Waals surface area contributed by atoms with Crippen LogP contribution in [-0.2, 0) is 19.1 Å². The molecular weight excluding hydrogens is 765 g/mol. The molecule has 0 aromatic rings. The summed E-state index contributed by atoms with van der Waals surface area (Å²) in [5.41, 5.74) is 0. The number of carbonyl (C=O) groups is 2. The van der Waals surface area contributed by atoms with Gasteiger partial charge in [-0.3, -0.25) is 9.59 Å². The van der Waals surface area contributed by atoms with E-state index in [-0.39, 0.29) is 25.2 Å². The van der Waals surface area contributed by atoms with Crippen LogP contribution < -0.4 is 0 Å². The molecule has 5 nitrogen and oxygen atoms in total. The standard InChI is InChI=1S/C57H100O5/c1-3-5-7-9-11-13-15-17-19-21-23-25-26-27-28-29-30-32-34-36-38-40-42-44-46-48-50-52-57(60)62-55(53-58)54-61-56(59)51-49-47-45-43-41-39-37-35-33-31-24-22-20-18-16-14-12-10-8-6-4-2/h5,7,11,13,17,19,22-25,27-28,55,58H,3-4,6,8-10,12,14-16,18,20-21,26,29-54H2,1-2H3/b7-5-,13-11-,19-17-,24-22-,25-23-,28-27-. The van der Waals surface area contributed by atoms with E-state index in [4.69, 9.17) is 9.47 Å². The van der Waals surface area contributed by atoms with Crippen molar-refractivity contribution in [2.75, 3.05) is 13.2 Å². The van der Waals surface area contributed by atoms with E-state index >= 15 is 0 Å². The minimum Gasteiger partial charge on any atom is -0.462 e. The molecule has 0 saturated carbocycles. The Labute approximate surface area is 384 Å². The summed E-state index contributed by atoms with van der Waals surface area (Å²) >= 11 is 0. The van der Waals surface area contributed by atoms with Gasteiger partial charge in [-0.1, -0.05) is 234 Å². The molecule has 0 aromatic heterocycles. The van der Waals surface area contributed by atoms with Crippen molar-refractivity contribution < 1.29 is 24.2 Å². The molecule has 5 heteroatoms. The smallest absolute Gasteiger partial charge is 0.306 e. The number of rotatable bonds is 48. The molecule has 0 bridgehead atoms. The van der Waals surface area contributed by atoms with Crippen LogP contribution in [0.2, 0.25) is 0 Å². The van der Waals surface area contributed by atoms with Gasteiger partial charge in [0.15, 0.2) is 6.10 Å². The van der Waals surface area contributed by atoms with Crippen LogP contribution >= 0.6 is 0 Å². The second-order valence-corrected chi connectivity index (χ2v) is 17.6. The van der Waals surface area contributed by atoms with Crippen LogP contribution in [0.5, 0.6) is 0 Å². The van der Waals surface area contributed by atoms with Crippen LogP contribution in [0.15, 0.2) is 72.9 Å². The number of ether oxygens (including phenoxy) is 2. The fourth-order valence-electron chi connectivity index (χ4n) is 7.52. The van der Waals surface area contributed by atoms with Crippen LogP contribution in [-0.4, -0.2) is 36.4 Å². The molecule has 0 saturated heterocycles. The summed E-state index contributed by atoms with van der Waals surface area (Å²) in [6.07, 6.45) is 71.4. The number of esters is 2. The molecule has 0 fully saturated rings. The zero-order chi connectivity index (χ0) is 44.9. The Bertz CT molecular complexity index is 1110. The second-order valence-electron chi connectivity index (χ2n) is 17.6. The van der Waals surface area contributed by atoms with Crippen LogP contribution in [0.25, 0.3) is 0 Å². The van der Waals surface area contributed by atoms with E-state index in [9.17, 15) is 14.7 Å². The Morgan fingerprint density at radius 3 is 1.06 bits per heavy atom. The van der Waals surface area contributed by atoms with Crippen LogP contribution in [0.3, 0.4) is 0 Å². The highest BCUT2D eigenvalue weighted by Crippen LogP contribution is 2.15. The summed E-state index contributed by atoms with van der Waals surface area (Å²) < 4.78 is 10.7. The average Bonchev–Trinajstić information content (AvgIpc) is 3.28. The molecule has 1 atom stereocenters. The number of carbonyl (C=O) groups excluding carboxylic acids is 2. The lowest BCUT2D eigenvalue weighted by Crippen LogP contribution is -2.28. The van der Waals surface area contributed by atoms with E-state index in [0.717, 1.165) is 70.6 Å². The van der Waals surface area contributed by atoms with Gasteiger partial charge in [0.1, 0.15) is 6.61 Å². The maximum Gasteiger partial charge on any atom is 0.306 e. The molecular formula is C57H100O5. The maximum absolute atomic E-state index is 12.3. The third-order valence-corrected chi connectivity index (χ3v) is 11.5. The highest BCUT2D eigenvalue weighted by Gasteiger charge is 2.16. The highest BCUT2D eigenvalue weighted by atomic mass is 16.6. The van der Waals surface area contributed by atoms with Crippen molar-refractivity contribution in [3.8, 4) is 0 Å². The number of allylic oxidation sites excluding steroid dienone is 12. The first kappa shape index (κ1) is 59.3. The summed E-state index contributed by atoms with van der Waals surface area (Å²) in [6, 6.07) is 0. The number of unbranched alkanes of at least 4 members (excludes halogenated alkanes) is 28. The van der Waals surface area contributed by atoms with Gasteiger partial charge in [0.05, 0.1) is 6.61 Å². The van der Waals surface area contributed by atoms with Crippen LogP contribution in [0, 0.1) is 0 Å². The van der Waals surface area contributed by atoms with Gasteiger partial charge in [-0.15, -0.1) is 0 Å². The summed E-state index contributed by atoms with van der Waals surface area (Å²) in [5.74, 6) is -0.591. The van der Waals surface area contributed by atoms with Gasteiger partial charge in [-0.2, -0.15) is 0 Å². The zero-order valence-electron chi connectivity index (χ0n) is 40.9. The Balaban J connectivity index is 3.51. The minimum absolute atomic E-state index is 0.0690. The fraction of sp³-hybridized carbons (Fsp3) is 0.754. The molecule has 0 aliphatic rings. The number of hydrogen-bond acceptors (Lipinski definition) is 5. The zero-order valence-corrected chi connectivity index (χ0v) is 40.9. The van der Waals surface area contributed by atoms with Crippen molar-refractivity contribution in [1.82, 2.24) is 0 Å². The Morgan fingerprint density at radius 1 is 0.387 bits per heavy atom. The SMILES string of the molecule is CC/C=C\C/C=C\C/C=C\C/C=C\C/C=C\CCCCCCCCCCCCCC(=O)OC(CO)COC(=O)CCCCCCCCCCC/C=C\CCCCCCCCCC. The first-order valence-corrected chi connectivity index (χ1v) is 26.5. The van der Waals surface area contributed by atoms with Gasteiger partial charge in [0.2, 0.25) is 0 Å². The highest BCUT2D eigenvalue weighted by molar-refractivity contribution is 5.70. The second kappa shape index (κ2) is 52.7. The molecule has 0 amide bonds. The molecule has 0 aliphatic carbocycles. The normalized spacial score (nSPS) is 12.8. The van der Waals surface area contributed by atoms with Gasteiger partial charge >= 0.3 is 11.9 Å². The molecule has 0 spiro atoms. The lowest BCUT2D eigenvalue weighted by Gasteiger charge is -2.15. The van der Waals surface area contributed by atoms with Gasteiger partial charge in [0, 0.05) is 12.8 Å². The van der Waals surface area contributed by atoms with Crippen molar-refractivity contribution in [3.05, 3.63) is 72.9 Å². The average molecular weight is 865 g/mol. The number of aliphatic hydroxyl groups is 1. The first-order valence-electron chi connectivity index (χ1n) is 26.5. The first-order chi connectivity index (χ1) is 30.6. The van der Waals surface area contributed by atoms with Crippen molar-refractivity contribution in [1.29, 1.82) is 0 Å². The largest absolute Gasteiger partial charge is 0.462 e. The third kappa shape index (κ3) is 50.0. The summed E-state index contributed by atoms with van der Waals surface area (Å²) in [4.78, 5) is 24.5. The lowest BCUT2D eigenvalue weighted by molar-refractivity contribution is -0.161. The fourth-order valence-corrected chi connectivity index (χ4v) is 7.52. The predicted octanol–water partition coefficient (Wildman–Crippen LogP) is 17.6. The van der Waals surface area contributed by atoms with E-state index in [2.05, 4.69) is 86.8 Å². The van der Waals surface area contributed by atoms with Crippen LogP contribution in [0.4, 0.5) is 0 Å². The maximum atomic E-state index is 12.3. The van der Waals surface area contributed by atoms with Crippen molar-refractivity contribution >= 4 is 11.9 Å². The van der Waals surface area contributed by atoms with E-state index < -0.39 is 6.10 Å². The van der Waals surface area contributed by atoms with E-state index in [1.807, 2.05) is 0 Å². The summed E-state index contributed by atoms with van der Waals surface area (Å²) in [7, 11) is 0. The molecule has 1 unspecified atom stereocenters. The molecule has 1 N–H and O–H groups in total. The third-order valence-electron chi connectivity index (χ3n) is 11.5. The molecule has 0 heterocycles. The number of hydrogen-bond donors (Lipinski definition) is 1. The Morgan fingerprint density at radius 2 is 0.694 bits per heavy atom. The van der Waals surface area contributed by atoms with E-state index in [1.165, 1.54) is 161 Å². The Kier molecular flexibility index (Phi) is 50.4. The lowest BCUT2D eigenvalue weighted by atomic mass is 10.0. The molecule has 0 rings (SSSR count). The molecule has 0 aromatic carbocycles. The quantitative estimate of drug-likeness (QED) is 0.0375. The Hall–Kier alpha value is -2.66. The van der Waals surface area contributed by atoms with Gasteiger partial charge in [-0.25, -0.2) is 0 Å². The van der Waals surface area contributed by atoms with E-state index in [1.54, 1.807) is 0 Å². The molecule has 0 aliphatic heterocycles. The topological polar surface area (TPSA) is 72.8 Å². The molecule has 358 valence electrons. The van der Waals surface area contributed by atoms with Crippen LogP contribution in [0.1, 0.15) is 258 Å². The molecule has 0 radical (unpaired) electrons. The van der Waals surface area contributed by atoms with Gasteiger partial charge in [0.25, 0.3) is 0 Å². The van der Waals surface area contributed by atoms with Crippen molar-refractivity contribution in [3.63, 3.8) is 0 Å². The van der Waals surface area contributed by atoms with Crippen molar-refractivity contribution in [2.45, 2.75) is 264 Å². The van der Waals surface area contributed by atoms with E-state index in [0.29, 0.717) is 12.8 Å². The monoisotopic (exact) mass is 865 g/mol. The van der Waals surface area contributed by atoms with Gasteiger partial charge in [-0.05, 0) is 83.5 Å². The predicted molar refractivity (Wildman–Crippen MR) is 270 cm³/mol.